The van der Waals surface area contributed by atoms with Gasteiger partial charge in [-0.05, 0) is 32.0 Å². The molecule has 0 aliphatic rings. The SMILES string of the molecule is CCNc1ccc(C)cc1C(=O)Nc1ncccn1. The van der Waals surface area contributed by atoms with Crippen molar-refractivity contribution in [3.8, 4) is 0 Å². The van der Waals surface area contributed by atoms with Crippen LogP contribution in [0.15, 0.2) is 36.7 Å². The number of hydrogen-bond acceptors (Lipinski definition) is 4. The molecule has 0 atom stereocenters. The van der Waals surface area contributed by atoms with Crippen LogP contribution < -0.4 is 10.6 Å². The first-order valence-electron chi connectivity index (χ1n) is 6.13. The van der Waals surface area contributed by atoms with Crippen molar-refractivity contribution < 1.29 is 4.79 Å². The summed E-state index contributed by atoms with van der Waals surface area (Å²) < 4.78 is 0. The van der Waals surface area contributed by atoms with Gasteiger partial charge in [0.1, 0.15) is 0 Å². The van der Waals surface area contributed by atoms with Gasteiger partial charge in [0.25, 0.3) is 5.91 Å². The van der Waals surface area contributed by atoms with Crippen LogP contribution in [0.2, 0.25) is 0 Å². The number of hydrogen-bond donors (Lipinski definition) is 2. The molecular weight excluding hydrogens is 240 g/mol. The fourth-order valence-electron chi connectivity index (χ4n) is 1.72. The molecule has 2 rings (SSSR count). The minimum absolute atomic E-state index is 0.217. The largest absolute Gasteiger partial charge is 0.385 e. The lowest BCUT2D eigenvalue weighted by Crippen LogP contribution is -2.16. The van der Waals surface area contributed by atoms with Crippen LogP contribution in [0.3, 0.4) is 0 Å². The number of aromatic nitrogens is 2. The summed E-state index contributed by atoms with van der Waals surface area (Å²) in [4.78, 5) is 20.2. The molecule has 1 amide bonds. The van der Waals surface area contributed by atoms with Gasteiger partial charge in [-0.1, -0.05) is 11.6 Å². The van der Waals surface area contributed by atoms with E-state index < -0.39 is 0 Å². The maximum Gasteiger partial charge on any atom is 0.260 e. The molecule has 19 heavy (non-hydrogen) atoms. The van der Waals surface area contributed by atoms with E-state index >= 15 is 0 Å². The topological polar surface area (TPSA) is 66.9 Å². The molecule has 0 aliphatic heterocycles. The molecule has 98 valence electrons. The Kier molecular flexibility index (Phi) is 4.07. The van der Waals surface area contributed by atoms with Gasteiger partial charge in [0.15, 0.2) is 0 Å². The number of nitrogens with zero attached hydrogens (tertiary/aromatic N) is 2. The highest BCUT2D eigenvalue weighted by molar-refractivity contribution is 6.07. The van der Waals surface area contributed by atoms with E-state index in [0.717, 1.165) is 17.8 Å². The summed E-state index contributed by atoms with van der Waals surface area (Å²) in [6.07, 6.45) is 3.17. The standard InChI is InChI=1S/C14H16N4O/c1-3-15-12-6-5-10(2)9-11(12)13(19)18-14-16-7-4-8-17-14/h4-9,15H,3H2,1-2H3,(H,16,17,18,19). The second-order valence-electron chi connectivity index (χ2n) is 4.11. The third-order valence-corrected chi connectivity index (χ3v) is 2.58. The molecule has 2 aromatic rings. The van der Waals surface area contributed by atoms with Gasteiger partial charge in [0, 0.05) is 24.6 Å². The molecule has 0 radical (unpaired) electrons. The van der Waals surface area contributed by atoms with Crippen molar-refractivity contribution in [1.29, 1.82) is 0 Å². The van der Waals surface area contributed by atoms with Crippen LogP contribution in [0.25, 0.3) is 0 Å². The molecule has 1 heterocycles. The third kappa shape index (κ3) is 3.28. The van der Waals surface area contributed by atoms with Crippen molar-refractivity contribution in [1.82, 2.24) is 9.97 Å². The number of anilines is 2. The molecule has 2 N–H and O–H groups in total. The van der Waals surface area contributed by atoms with Crippen LogP contribution in [0.4, 0.5) is 11.6 Å². The summed E-state index contributed by atoms with van der Waals surface area (Å²) in [5.74, 6) is 0.0855. The van der Waals surface area contributed by atoms with Crippen LogP contribution >= 0.6 is 0 Å². The van der Waals surface area contributed by atoms with E-state index in [-0.39, 0.29) is 5.91 Å². The summed E-state index contributed by atoms with van der Waals surface area (Å²) >= 11 is 0. The van der Waals surface area contributed by atoms with Crippen LogP contribution in [0, 0.1) is 6.92 Å². The summed E-state index contributed by atoms with van der Waals surface area (Å²) in [5.41, 5.74) is 2.43. The van der Waals surface area contributed by atoms with Crippen molar-refractivity contribution in [3.63, 3.8) is 0 Å². The molecule has 1 aromatic heterocycles. The van der Waals surface area contributed by atoms with Crippen LogP contribution in [-0.4, -0.2) is 22.4 Å². The number of rotatable bonds is 4. The normalized spacial score (nSPS) is 10.0. The average molecular weight is 256 g/mol. The van der Waals surface area contributed by atoms with Crippen molar-refractivity contribution in [3.05, 3.63) is 47.8 Å². The van der Waals surface area contributed by atoms with E-state index in [0.29, 0.717) is 11.5 Å². The molecule has 0 saturated heterocycles. The van der Waals surface area contributed by atoms with E-state index in [1.807, 2.05) is 32.0 Å². The fourth-order valence-corrected chi connectivity index (χ4v) is 1.72. The Morgan fingerprint density at radius 2 is 2.00 bits per heavy atom. The quantitative estimate of drug-likeness (QED) is 0.881. The number of benzene rings is 1. The van der Waals surface area contributed by atoms with Crippen molar-refractivity contribution >= 4 is 17.5 Å². The van der Waals surface area contributed by atoms with Crippen LogP contribution in [0.1, 0.15) is 22.8 Å². The highest BCUT2D eigenvalue weighted by Gasteiger charge is 2.12. The predicted octanol–water partition coefficient (Wildman–Crippen LogP) is 2.47. The smallest absolute Gasteiger partial charge is 0.260 e. The maximum atomic E-state index is 12.2. The molecule has 5 heteroatoms. The first-order chi connectivity index (χ1) is 9.20. The van der Waals surface area contributed by atoms with E-state index in [1.165, 1.54) is 0 Å². The minimum atomic E-state index is -0.217. The van der Waals surface area contributed by atoms with E-state index in [4.69, 9.17) is 0 Å². The zero-order valence-electron chi connectivity index (χ0n) is 11.0. The summed E-state index contributed by atoms with van der Waals surface area (Å²) in [6, 6.07) is 7.41. The highest BCUT2D eigenvalue weighted by Crippen LogP contribution is 2.18. The Morgan fingerprint density at radius 1 is 1.26 bits per heavy atom. The highest BCUT2D eigenvalue weighted by atomic mass is 16.1. The number of carbonyl (C=O) groups excluding carboxylic acids is 1. The molecule has 0 aliphatic carbocycles. The Bertz CT molecular complexity index is 569. The summed E-state index contributed by atoms with van der Waals surface area (Å²) in [6.45, 7) is 4.69. The van der Waals surface area contributed by atoms with Gasteiger partial charge in [-0.2, -0.15) is 0 Å². The minimum Gasteiger partial charge on any atom is -0.385 e. The summed E-state index contributed by atoms with van der Waals surface area (Å²) in [7, 11) is 0. The average Bonchev–Trinajstić information content (AvgIpc) is 2.42. The second kappa shape index (κ2) is 5.95. The second-order valence-corrected chi connectivity index (χ2v) is 4.11. The number of aryl methyl sites for hydroxylation is 1. The molecule has 0 spiro atoms. The van der Waals surface area contributed by atoms with Crippen molar-refractivity contribution in [2.24, 2.45) is 0 Å². The zero-order chi connectivity index (χ0) is 13.7. The van der Waals surface area contributed by atoms with E-state index in [9.17, 15) is 4.79 Å². The van der Waals surface area contributed by atoms with Gasteiger partial charge in [-0.3, -0.25) is 10.1 Å². The van der Waals surface area contributed by atoms with Gasteiger partial charge in [0.2, 0.25) is 5.95 Å². The van der Waals surface area contributed by atoms with Crippen molar-refractivity contribution in [2.75, 3.05) is 17.2 Å². The third-order valence-electron chi connectivity index (χ3n) is 2.58. The van der Waals surface area contributed by atoms with Crippen LogP contribution in [-0.2, 0) is 0 Å². The lowest BCUT2D eigenvalue weighted by atomic mass is 10.1. The molecule has 0 unspecified atom stereocenters. The Balaban J connectivity index is 2.25. The first kappa shape index (κ1) is 13.0. The monoisotopic (exact) mass is 256 g/mol. The number of carbonyl (C=O) groups is 1. The number of amides is 1. The molecule has 0 fully saturated rings. The molecule has 0 saturated carbocycles. The Morgan fingerprint density at radius 3 is 2.68 bits per heavy atom. The number of nitrogens with one attached hydrogen (secondary N) is 2. The van der Waals surface area contributed by atoms with Crippen molar-refractivity contribution in [2.45, 2.75) is 13.8 Å². The van der Waals surface area contributed by atoms with E-state index in [1.54, 1.807) is 18.5 Å². The van der Waals surface area contributed by atoms with Gasteiger partial charge >= 0.3 is 0 Å². The molecule has 0 bridgehead atoms. The molecular formula is C14H16N4O. The Labute approximate surface area is 112 Å². The van der Waals surface area contributed by atoms with Crippen LogP contribution in [0.5, 0.6) is 0 Å². The van der Waals surface area contributed by atoms with E-state index in [2.05, 4.69) is 20.6 Å². The summed E-state index contributed by atoms with van der Waals surface area (Å²) in [5, 5.41) is 5.85. The first-order valence-corrected chi connectivity index (χ1v) is 6.13. The van der Waals surface area contributed by atoms with Gasteiger partial charge in [-0.25, -0.2) is 9.97 Å². The lowest BCUT2D eigenvalue weighted by Gasteiger charge is -2.11. The van der Waals surface area contributed by atoms with Gasteiger partial charge in [-0.15, -0.1) is 0 Å². The fraction of sp³-hybridized carbons (Fsp3) is 0.214. The maximum absolute atomic E-state index is 12.2. The van der Waals surface area contributed by atoms with Gasteiger partial charge in [0.05, 0.1) is 5.56 Å². The lowest BCUT2D eigenvalue weighted by molar-refractivity contribution is 0.102. The van der Waals surface area contributed by atoms with Gasteiger partial charge < -0.3 is 5.32 Å². The Hall–Kier alpha value is -2.43. The predicted molar refractivity (Wildman–Crippen MR) is 75.3 cm³/mol. The zero-order valence-corrected chi connectivity index (χ0v) is 11.0. The molecule has 1 aromatic carbocycles. The molecule has 5 nitrogen and oxygen atoms in total.